The molecular formula is C10H7BrF3NO. The first-order valence-corrected chi connectivity index (χ1v) is 5.07. The van der Waals surface area contributed by atoms with Gasteiger partial charge in [-0.1, -0.05) is 6.07 Å². The van der Waals surface area contributed by atoms with Crippen molar-refractivity contribution >= 4 is 15.9 Å². The van der Waals surface area contributed by atoms with E-state index in [2.05, 4.69) is 15.9 Å². The average molecular weight is 294 g/mol. The van der Waals surface area contributed by atoms with E-state index in [-0.39, 0.29) is 11.3 Å². The largest absolute Gasteiger partial charge is 0.480 e. The Bertz CT molecular complexity index is 425. The van der Waals surface area contributed by atoms with Gasteiger partial charge in [0.1, 0.15) is 17.4 Å². The maximum atomic E-state index is 12.3. The molecule has 1 unspecified atom stereocenters. The average Bonchev–Trinajstić information content (AvgIpc) is 2.16. The summed E-state index contributed by atoms with van der Waals surface area (Å²) in [6.07, 6.45) is -6.40. The predicted octanol–water partition coefficient (Wildman–Crippen LogP) is 3.65. The molecular weight excluding hydrogens is 287 g/mol. The molecule has 6 heteroatoms. The van der Waals surface area contributed by atoms with Crippen LogP contribution >= 0.6 is 15.9 Å². The monoisotopic (exact) mass is 293 g/mol. The highest BCUT2D eigenvalue weighted by Crippen LogP contribution is 2.30. The van der Waals surface area contributed by atoms with E-state index < -0.39 is 12.3 Å². The van der Waals surface area contributed by atoms with Gasteiger partial charge in [0.15, 0.2) is 6.10 Å². The van der Waals surface area contributed by atoms with Gasteiger partial charge in [0, 0.05) is 4.47 Å². The first-order valence-electron chi connectivity index (χ1n) is 4.28. The van der Waals surface area contributed by atoms with Crippen LogP contribution in [-0.4, -0.2) is 12.3 Å². The number of benzene rings is 1. The Morgan fingerprint density at radius 2 is 2.06 bits per heavy atom. The smallest absolute Gasteiger partial charge is 0.425 e. The van der Waals surface area contributed by atoms with Crippen LogP contribution < -0.4 is 4.74 Å². The second-order valence-corrected chi connectivity index (χ2v) is 3.88. The molecule has 0 heterocycles. The molecule has 0 radical (unpaired) electrons. The molecule has 0 spiro atoms. The van der Waals surface area contributed by atoms with Crippen LogP contribution in [0.2, 0.25) is 0 Å². The quantitative estimate of drug-likeness (QED) is 0.834. The van der Waals surface area contributed by atoms with Gasteiger partial charge >= 0.3 is 6.18 Å². The normalized spacial score (nSPS) is 13.0. The van der Waals surface area contributed by atoms with Gasteiger partial charge in [-0.05, 0) is 35.0 Å². The molecule has 0 fully saturated rings. The SMILES string of the molecule is CC(Oc1cccc(Br)c1C#N)C(F)(F)F. The van der Waals surface area contributed by atoms with Crippen LogP contribution in [0.1, 0.15) is 12.5 Å². The molecule has 0 aliphatic rings. The van der Waals surface area contributed by atoms with Crippen molar-refractivity contribution in [2.75, 3.05) is 0 Å². The topological polar surface area (TPSA) is 33.0 Å². The highest BCUT2D eigenvalue weighted by Gasteiger charge is 2.38. The van der Waals surface area contributed by atoms with Gasteiger partial charge in [0.05, 0.1) is 0 Å². The van der Waals surface area contributed by atoms with Crippen LogP contribution in [0.4, 0.5) is 13.2 Å². The molecule has 16 heavy (non-hydrogen) atoms. The van der Waals surface area contributed by atoms with E-state index >= 15 is 0 Å². The molecule has 0 saturated carbocycles. The first-order chi connectivity index (χ1) is 7.36. The third-order valence-electron chi connectivity index (χ3n) is 1.85. The number of rotatable bonds is 2. The summed E-state index contributed by atoms with van der Waals surface area (Å²) in [5.41, 5.74) is 0.0543. The van der Waals surface area contributed by atoms with Crippen molar-refractivity contribution in [3.63, 3.8) is 0 Å². The van der Waals surface area contributed by atoms with Gasteiger partial charge < -0.3 is 4.74 Å². The van der Waals surface area contributed by atoms with E-state index in [0.29, 0.717) is 4.47 Å². The van der Waals surface area contributed by atoms with Crippen molar-refractivity contribution in [3.8, 4) is 11.8 Å². The van der Waals surface area contributed by atoms with Crippen molar-refractivity contribution in [1.82, 2.24) is 0 Å². The molecule has 0 amide bonds. The fraction of sp³-hybridized carbons (Fsp3) is 0.300. The molecule has 1 aromatic carbocycles. The van der Waals surface area contributed by atoms with Crippen LogP contribution in [0.25, 0.3) is 0 Å². The summed E-state index contributed by atoms with van der Waals surface area (Å²) >= 11 is 3.06. The molecule has 0 aliphatic carbocycles. The lowest BCUT2D eigenvalue weighted by atomic mass is 10.2. The molecule has 1 aromatic rings. The number of hydrogen-bond acceptors (Lipinski definition) is 2. The van der Waals surface area contributed by atoms with Crippen molar-refractivity contribution in [2.24, 2.45) is 0 Å². The number of ether oxygens (including phenoxy) is 1. The van der Waals surface area contributed by atoms with Crippen molar-refractivity contribution in [2.45, 2.75) is 19.2 Å². The van der Waals surface area contributed by atoms with Gasteiger partial charge in [-0.25, -0.2) is 0 Å². The second-order valence-electron chi connectivity index (χ2n) is 3.03. The van der Waals surface area contributed by atoms with Crippen LogP contribution in [0.15, 0.2) is 22.7 Å². The first kappa shape index (κ1) is 12.8. The Morgan fingerprint density at radius 3 is 2.56 bits per heavy atom. The Hall–Kier alpha value is -1.22. The maximum absolute atomic E-state index is 12.3. The Kier molecular flexibility index (Phi) is 3.81. The third-order valence-corrected chi connectivity index (χ3v) is 2.51. The van der Waals surface area contributed by atoms with Gasteiger partial charge in [0.25, 0.3) is 0 Å². The predicted molar refractivity (Wildman–Crippen MR) is 55.0 cm³/mol. The van der Waals surface area contributed by atoms with Crippen molar-refractivity contribution < 1.29 is 17.9 Å². The summed E-state index contributed by atoms with van der Waals surface area (Å²) in [6.45, 7) is 0.891. The number of alkyl halides is 3. The van der Waals surface area contributed by atoms with E-state index in [0.717, 1.165) is 6.92 Å². The van der Waals surface area contributed by atoms with E-state index in [1.54, 1.807) is 12.1 Å². The molecule has 1 rings (SSSR count). The van der Waals surface area contributed by atoms with Crippen LogP contribution in [-0.2, 0) is 0 Å². The standard InChI is InChI=1S/C10H7BrF3NO/c1-6(10(12,13)14)16-9-4-2-3-8(11)7(9)5-15/h2-4,6H,1H3. The second kappa shape index (κ2) is 4.74. The molecule has 0 aromatic heterocycles. The Balaban J connectivity index is 2.99. The molecule has 0 aliphatic heterocycles. The maximum Gasteiger partial charge on any atom is 0.425 e. The lowest BCUT2D eigenvalue weighted by Crippen LogP contribution is -2.31. The fourth-order valence-electron chi connectivity index (χ4n) is 0.968. The van der Waals surface area contributed by atoms with Crippen molar-refractivity contribution in [3.05, 3.63) is 28.2 Å². The zero-order valence-electron chi connectivity index (χ0n) is 8.18. The zero-order valence-corrected chi connectivity index (χ0v) is 9.76. The van der Waals surface area contributed by atoms with E-state index in [9.17, 15) is 13.2 Å². The zero-order chi connectivity index (χ0) is 12.3. The lowest BCUT2D eigenvalue weighted by Gasteiger charge is -2.18. The number of halogens is 4. The molecule has 0 N–H and O–H groups in total. The van der Waals surface area contributed by atoms with Gasteiger partial charge in [0.2, 0.25) is 0 Å². The number of nitriles is 1. The lowest BCUT2D eigenvalue weighted by molar-refractivity contribution is -0.189. The van der Waals surface area contributed by atoms with Gasteiger partial charge in [-0.15, -0.1) is 0 Å². The number of nitrogens with zero attached hydrogens (tertiary/aromatic N) is 1. The molecule has 86 valence electrons. The summed E-state index contributed by atoms with van der Waals surface area (Å²) in [4.78, 5) is 0. The molecule has 2 nitrogen and oxygen atoms in total. The van der Waals surface area contributed by atoms with Crippen LogP contribution in [0.3, 0.4) is 0 Å². The third kappa shape index (κ3) is 2.89. The van der Waals surface area contributed by atoms with Gasteiger partial charge in [-0.3, -0.25) is 0 Å². The Morgan fingerprint density at radius 1 is 1.44 bits per heavy atom. The van der Waals surface area contributed by atoms with Crippen molar-refractivity contribution in [1.29, 1.82) is 5.26 Å². The fourth-order valence-corrected chi connectivity index (χ4v) is 1.40. The number of hydrogen-bond donors (Lipinski definition) is 0. The molecule has 1 atom stereocenters. The van der Waals surface area contributed by atoms with E-state index in [4.69, 9.17) is 10.00 Å². The highest BCUT2D eigenvalue weighted by molar-refractivity contribution is 9.10. The molecule has 0 bridgehead atoms. The summed E-state index contributed by atoms with van der Waals surface area (Å²) < 4.78 is 41.9. The van der Waals surface area contributed by atoms with E-state index in [1.807, 2.05) is 0 Å². The minimum absolute atomic E-state index is 0.0543. The summed E-state index contributed by atoms with van der Waals surface area (Å²) in [6, 6.07) is 6.17. The molecule has 0 saturated heterocycles. The van der Waals surface area contributed by atoms with Gasteiger partial charge in [-0.2, -0.15) is 18.4 Å². The highest BCUT2D eigenvalue weighted by atomic mass is 79.9. The minimum Gasteiger partial charge on any atom is -0.480 e. The summed E-state index contributed by atoms with van der Waals surface area (Å²) in [5, 5.41) is 8.77. The Labute approximate surface area is 98.8 Å². The summed E-state index contributed by atoms with van der Waals surface area (Å²) in [7, 11) is 0. The minimum atomic E-state index is -4.45. The van der Waals surface area contributed by atoms with Crippen LogP contribution in [0.5, 0.6) is 5.75 Å². The summed E-state index contributed by atoms with van der Waals surface area (Å²) in [5.74, 6) is -0.0818. The van der Waals surface area contributed by atoms with E-state index in [1.165, 1.54) is 12.1 Å². The van der Waals surface area contributed by atoms with Crippen LogP contribution in [0, 0.1) is 11.3 Å².